The Bertz CT molecular complexity index is 304. The maximum absolute atomic E-state index is 8.82. The van der Waals surface area contributed by atoms with Crippen LogP contribution in [0.1, 0.15) is 39.5 Å². The van der Waals surface area contributed by atoms with Crippen LogP contribution in [-0.2, 0) is 14.2 Å². The molecule has 0 aliphatic carbocycles. The van der Waals surface area contributed by atoms with E-state index < -0.39 is 0 Å². The largest absolute Gasteiger partial charge is 0.376 e. The zero-order valence-corrected chi connectivity index (χ0v) is 10.7. The number of hydrogen-bond acceptors (Lipinski definition) is 4. The summed E-state index contributed by atoms with van der Waals surface area (Å²) in [6, 6.07) is 2.24. The molecule has 2 saturated heterocycles. The van der Waals surface area contributed by atoms with Crippen LogP contribution in [0, 0.1) is 16.7 Å². The fourth-order valence-corrected chi connectivity index (χ4v) is 3.07. The topological polar surface area (TPSA) is 51.5 Å². The summed E-state index contributed by atoms with van der Waals surface area (Å²) < 4.78 is 17.2. The first kappa shape index (κ1) is 12.8. The molecule has 0 aromatic rings. The van der Waals surface area contributed by atoms with E-state index in [0.717, 1.165) is 25.9 Å². The number of rotatable bonds is 3. The van der Waals surface area contributed by atoms with Gasteiger partial charge >= 0.3 is 0 Å². The molecule has 0 saturated carbocycles. The standard InChI is InChI=1S/C13H21NO3/c1-12(2)10-13(4-3-6-14,5-7-17-12)11-15-8-9-16-11/h11H,3-5,7-10H2,1-2H3. The second-order valence-corrected chi connectivity index (χ2v) is 5.63. The van der Waals surface area contributed by atoms with Gasteiger partial charge in [-0.2, -0.15) is 5.26 Å². The average molecular weight is 239 g/mol. The van der Waals surface area contributed by atoms with Gasteiger partial charge < -0.3 is 14.2 Å². The lowest BCUT2D eigenvalue weighted by Gasteiger charge is -2.46. The minimum absolute atomic E-state index is 0.0476. The molecule has 0 spiro atoms. The first-order chi connectivity index (χ1) is 8.08. The third-order valence-electron chi connectivity index (χ3n) is 3.73. The van der Waals surface area contributed by atoms with Gasteiger partial charge in [0.1, 0.15) is 0 Å². The summed E-state index contributed by atoms with van der Waals surface area (Å²) in [6.07, 6.45) is 3.05. The molecule has 2 aliphatic rings. The number of nitrogens with zero attached hydrogens (tertiary/aromatic N) is 1. The summed E-state index contributed by atoms with van der Waals surface area (Å²) in [4.78, 5) is 0. The van der Waals surface area contributed by atoms with Gasteiger partial charge in [0.25, 0.3) is 0 Å². The van der Waals surface area contributed by atoms with Crippen LogP contribution in [-0.4, -0.2) is 31.7 Å². The molecule has 4 heteroatoms. The maximum Gasteiger partial charge on any atom is 0.163 e. The van der Waals surface area contributed by atoms with Gasteiger partial charge in [-0.1, -0.05) is 0 Å². The van der Waals surface area contributed by atoms with Gasteiger partial charge in [0.2, 0.25) is 0 Å². The van der Waals surface area contributed by atoms with Crippen LogP contribution >= 0.6 is 0 Å². The molecular formula is C13H21NO3. The van der Waals surface area contributed by atoms with Crippen molar-refractivity contribution < 1.29 is 14.2 Å². The van der Waals surface area contributed by atoms with Gasteiger partial charge in [0, 0.05) is 18.4 Å². The highest BCUT2D eigenvalue weighted by atomic mass is 16.7. The number of ether oxygens (including phenoxy) is 3. The highest BCUT2D eigenvalue weighted by Gasteiger charge is 2.48. The summed E-state index contributed by atoms with van der Waals surface area (Å²) in [6.45, 7) is 6.26. The van der Waals surface area contributed by atoms with E-state index in [4.69, 9.17) is 19.5 Å². The van der Waals surface area contributed by atoms with Gasteiger partial charge in [-0.25, -0.2) is 0 Å². The highest BCUT2D eigenvalue weighted by molar-refractivity contribution is 4.95. The van der Waals surface area contributed by atoms with Gasteiger partial charge in [0.15, 0.2) is 6.29 Å². The van der Waals surface area contributed by atoms with Crippen molar-refractivity contribution >= 4 is 0 Å². The third-order valence-corrected chi connectivity index (χ3v) is 3.73. The van der Waals surface area contributed by atoms with Gasteiger partial charge in [0.05, 0.1) is 24.9 Å². The van der Waals surface area contributed by atoms with Gasteiger partial charge in [-0.05, 0) is 33.1 Å². The first-order valence-corrected chi connectivity index (χ1v) is 6.32. The molecule has 1 atom stereocenters. The second-order valence-electron chi connectivity index (χ2n) is 5.63. The van der Waals surface area contributed by atoms with E-state index in [2.05, 4.69) is 19.9 Å². The quantitative estimate of drug-likeness (QED) is 0.758. The Kier molecular flexibility index (Phi) is 3.72. The van der Waals surface area contributed by atoms with E-state index in [1.165, 1.54) is 0 Å². The molecular weight excluding hydrogens is 218 g/mol. The van der Waals surface area contributed by atoms with Crippen LogP contribution in [0.15, 0.2) is 0 Å². The molecule has 0 N–H and O–H groups in total. The third kappa shape index (κ3) is 2.79. The smallest absolute Gasteiger partial charge is 0.163 e. The Balaban J connectivity index is 2.13. The van der Waals surface area contributed by atoms with E-state index in [0.29, 0.717) is 19.6 Å². The van der Waals surface area contributed by atoms with Crippen molar-refractivity contribution in [2.75, 3.05) is 19.8 Å². The zero-order chi connectivity index (χ0) is 12.4. The van der Waals surface area contributed by atoms with E-state index in [1.54, 1.807) is 0 Å². The average Bonchev–Trinajstić information content (AvgIpc) is 2.79. The minimum atomic E-state index is -0.154. The normalized spacial score (nSPS) is 33.5. The lowest BCUT2D eigenvalue weighted by Crippen LogP contribution is -2.48. The summed E-state index contributed by atoms with van der Waals surface area (Å²) in [5.41, 5.74) is -0.197. The molecule has 96 valence electrons. The van der Waals surface area contributed by atoms with Crippen LogP contribution in [0.25, 0.3) is 0 Å². The summed E-state index contributed by atoms with van der Waals surface area (Å²) >= 11 is 0. The van der Waals surface area contributed by atoms with Crippen molar-refractivity contribution in [2.45, 2.75) is 51.4 Å². The Morgan fingerprint density at radius 1 is 1.24 bits per heavy atom. The zero-order valence-electron chi connectivity index (χ0n) is 10.7. The molecule has 2 aliphatic heterocycles. The van der Waals surface area contributed by atoms with Crippen molar-refractivity contribution in [2.24, 2.45) is 5.41 Å². The van der Waals surface area contributed by atoms with Crippen molar-refractivity contribution in [1.82, 2.24) is 0 Å². The Labute approximate surface area is 103 Å². The molecule has 2 fully saturated rings. The van der Waals surface area contributed by atoms with E-state index in [-0.39, 0.29) is 17.3 Å². The maximum atomic E-state index is 8.82. The molecule has 0 amide bonds. The fraction of sp³-hybridized carbons (Fsp3) is 0.923. The first-order valence-electron chi connectivity index (χ1n) is 6.32. The van der Waals surface area contributed by atoms with Crippen LogP contribution < -0.4 is 0 Å². The van der Waals surface area contributed by atoms with Crippen molar-refractivity contribution in [3.63, 3.8) is 0 Å². The van der Waals surface area contributed by atoms with Crippen LogP contribution in [0.3, 0.4) is 0 Å². The molecule has 4 nitrogen and oxygen atoms in total. The number of nitriles is 1. The number of hydrogen-bond donors (Lipinski definition) is 0. The molecule has 2 rings (SSSR count). The van der Waals surface area contributed by atoms with Crippen molar-refractivity contribution in [3.8, 4) is 6.07 Å². The Morgan fingerprint density at radius 3 is 2.53 bits per heavy atom. The molecule has 0 aromatic heterocycles. The van der Waals surface area contributed by atoms with E-state index in [9.17, 15) is 0 Å². The van der Waals surface area contributed by atoms with Crippen LogP contribution in [0.2, 0.25) is 0 Å². The van der Waals surface area contributed by atoms with Crippen molar-refractivity contribution in [3.05, 3.63) is 0 Å². The molecule has 0 aromatic carbocycles. The van der Waals surface area contributed by atoms with Crippen molar-refractivity contribution in [1.29, 1.82) is 5.26 Å². The Morgan fingerprint density at radius 2 is 1.94 bits per heavy atom. The van der Waals surface area contributed by atoms with E-state index >= 15 is 0 Å². The van der Waals surface area contributed by atoms with Crippen LogP contribution in [0.4, 0.5) is 0 Å². The van der Waals surface area contributed by atoms with Gasteiger partial charge in [-0.3, -0.25) is 0 Å². The molecule has 0 radical (unpaired) electrons. The molecule has 0 bridgehead atoms. The lowest BCUT2D eigenvalue weighted by atomic mass is 9.70. The monoisotopic (exact) mass is 239 g/mol. The van der Waals surface area contributed by atoms with Crippen LogP contribution in [0.5, 0.6) is 0 Å². The SMILES string of the molecule is CC1(C)CC(CCC#N)(C2OCCO2)CCO1. The predicted molar refractivity (Wildman–Crippen MR) is 62.2 cm³/mol. The molecule has 2 heterocycles. The summed E-state index contributed by atoms with van der Waals surface area (Å²) in [7, 11) is 0. The summed E-state index contributed by atoms with van der Waals surface area (Å²) in [5.74, 6) is 0. The predicted octanol–water partition coefficient (Wildman–Crippen LogP) is 2.24. The summed E-state index contributed by atoms with van der Waals surface area (Å²) in [5, 5.41) is 8.82. The molecule has 17 heavy (non-hydrogen) atoms. The second kappa shape index (κ2) is 4.93. The highest BCUT2D eigenvalue weighted by Crippen LogP contribution is 2.47. The lowest BCUT2D eigenvalue weighted by molar-refractivity contribution is -0.202. The minimum Gasteiger partial charge on any atom is -0.376 e. The fourth-order valence-electron chi connectivity index (χ4n) is 3.07. The molecule has 1 unspecified atom stereocenters. The van der Waals surface area contributed by atoms with Gasteiger partial charge in [-0.15, -0.1) is 0 Å². The van der Waals surface area contributed by atoms with E-state index in [1.807, 2.05) is 0 Å². The Hall–Kier alpha value is -0.630.